The molecule has 1 N–H and O–H groups in total. The molecule has 1 aliphatic carbocycles. The van der Waals surface area contributed by atoms with Gasteiger partial charge in [-0.25, -0.2) is 4.79 Å². The van der Waals surface area contributed by atoms with Crippen LogP contribution in [0, 0.1) is 18.8 Å². The van der Waals surface area contributed by atoms with Crippen molar-refractivity contribution in [3.63, 3.8) is 0 Å². The zero-order valence-corrected chi connectivity index (χ0v) is 16.4. The summed E-state index contributed by atoms with van der Waals surface area (Å²) in [6.45, 7) is 3.91. The molecule has 1 saturated heterocycles. The molecular formula is C19H24N2O5S. The molecule has 3 rings (SSSR count). The first-order valence-electron chi connectivity index (χ1n) is 9.35. The van der Waals surface area contributed by atoms with E-state index >= 15 is 0 Å². The highest BCUT2D eigenvalue weighted by molar-refractivity contribution is 7.18. The Morgan fingerprint density at radius 3 is 2.44 bits per heavy atom. The van der Waals surface area contributed by atoms with Gasteiger partial charge >= 0.3 is 5.97 Å². The van der Waals surface area contributed by atoms with Crippen molar-refractivity contribution in [1.29, 1.82) is 0 Å². The third-order valence-corrected chi connectivity index (χ3v) is 6.27. The van der Waals surface area contributed by atoms with E-state index < -0.39 is 5.97 Å². The fraction of sp³-hybridized carbons (Fsp3) is 0.579. The van der Waals surface area contributed by atoms with Gasteiger partial charge in [0.15, 0.2) is 0 Å². The number of rotatable bonds is 6. The number of nitrogens with one attached hydrogen (secondary N) is 1. The Balaban J connectivity index is 1.56. The molecule has 0 unspecified atom stereocenters. The van der Waals surface area contributed by atoms with E-state index in [4.69, 9.17) is 4.74 Å². The number of ether oxygens (including phenoxy) is 1. The average molecular weight is 392 g/mol. The number of anilines is 1. The van der Waals surface area contributed by atoms with Crippen molar-refractivity contribution < 1.29 is 23.9 Å². The Hall–Kier alpha value is -2.22. The third-order valence-electron chi connectivity index (χ3n) is 5.14. The minimum absolute atomic E-state index is 0.0443. The number of likely N-dealkylation sites (tertiary alicyclic amines) is 1. The summed E-state index contributed by atoms with van der Waals surface area (Å²) in [7, 11) is 0. The highest BCUT2D eigenvalue weighted by Gasteiger charge is 2.47. The molecule has 27 heavy (non-hydrogen) atoms. The molecule has 2 heterocycles. The van der Waals surface area contributed by atoms with E-state index in [2.05, 4.69) is 5.32 Å². The maximum atomic E-state index is 12.4. The molecule has 1 aromatic heterocycles. The summed E-state index contributed by atoms with van der Waals surface area (Å²) in [6.07, 6.45) is 3.54. The number of imide groups is 1. The van der Waals surface area contributed by atoms with Gasteiger partial charge in [-0.3, -0.25) is 19.3 Å². The van der Waals surface area contributed by atoms with E-state index in [-0.39, 0.29) is 49.1 Å². The number of thiophene rings is 1. The van der Waals surface area contributed by atoms with Crippen molar-refractivity contribution in [1.82, 2.24) is 4.90 Å². The summed E-state index contributed by atoms with van der Waals surface area (Å²) in [5.41, 5.74) is 0.739. The van der Waals surface area contributed by atoms with Gasteiger partial charge in [-0.2, -0.15) is 0 Å². The van der Waals surface area contributed by atoms with Gasteiger partial charge in [-0.1, -0.05) is 12.8 Å². The number of carbonyl (C=O) groups is 4. The second-order valence-corrected chi connectivity index (χ2v) is 8.02. The molecule has 146 valence electrons. The molecule has 1 aliphatic heterocycles. The molecule has 2 fully saturated rings. The lowest BCUT2D eigenvalue weighted by molar-refractivity contribution is -0.140. The molecule has 0 radical (unpaired) electrons. The Morgan fingerprint density at radius 2 is 1.85 bits per heavy atom. The molecular weight excluding hydrogens is 368 g/mol. The van der Waals surface area contributed by atoms with Crippen molar-refractivity contribution in [2.45, 2.75) is 46.0 Å². The van der Waals surface area contributed by atoms with Crippen LogP contribution < -0.4 is 5.32 Å². The first kappa shape index (κ1) is 19.5. The number of carbonyl (C=O) groups excluding carboxylic acids is 4. The van der Waals surface area contributed by atoms with Crippen LogP contribution in [0.3, 0.4) is 0 Å². The second-order valence-electron chi connectivity index (χ2n) is 6.97. The molecule has 3 amide bonds. The zero-order valence-electron chi connectivity index (χ0n) is 15.6. The SMILES string of the molecule is CCOC(=O)c1sc(NC(=O)CCN2C(=O)[C@@H]3CCCC[C@H]3C2=O)cc1C. The van der Waals surface area contributed by atoms with Gasteiger partial charge < -0.3 is 10.1 Å². The van der Waals surface area contributed by atoms with Gasteiger partial charge in [-0.05, 0) is 38.3 Å². The summed E-state index contributed by atoms with van der Waals surface area (Å²) in [6, 6.07) is 1.72. The van der Waals surface area contributed by atoms with E-state index in [0.717, 1.165) is 42.6 Å². The van der Waals surface area contributed by atoms with E-state index in [0.29, 0.717) is 9.88 Å². The monoisotopic (exact) mass is 392 g/mol. The number of hydrogen-bond acceptors (Lipinski definition) is 6. The fourth-order valence-electron chi connectivity index (χ4n) is 3.81. The minimum atomic E-state index is -0.406. The van der Waals surface area contributed by atoms with Crippen LogP contribution in [-0.4, -0.2) is 41.7 Å². The standard InChI is InChI=1S/C19H24N2O5S/c1-3-26-19(25)16-11(2)10-15(27-16)20-14(22)8-9-21-17(23)12-6-4-5-7-13(12)18(21)24/h10,12-13H,3-9H2,1-2H3,(H,20,22)/t12-,13-/m1/s1. The lowest BCUT2D eigenvalue weighted by Gasteiger charge is -2.19. The quantitative estimate of drug-likeness (QED) is 0.594. The highest BCUT2D eigenvalue weighted by atomic mass is 32.1. The largest absolute Gasteiger partial charge is 0.462 e. The molecule has 0 bridgehead atoms. The molecule has 2 aliphatic rings. The van der Waals surface area contributed by atoms with E-state index in [1.54, 1.807) is 19.9 Å². The number of fused-ring (bicyclic) bond motifs is 1. The first-order valence-corrected chi connectivity index (χ1v) is 10.2. The maximum absolute atomic E-state index is 12.4. The van der Waals surface area contributed by atoms with Gasteiger partial charge in [0.2, 0.25) is 17.7 Å². The molecule has 8 heteroatoms. The number of aryl methyl sites for hydroxylation is 1. The van der Waals surface area contributed by atoms with Crippen molar-refractivity contribution in [2.24, 2.45) is 11.8 Å². The highest BCUT2D eigenvalue weighted by Crippen LogP contribution is 2.38. The Kier molecular flexibility index (Phi) is 5.94. The lowest BCUT2D eigenvalue weighted by atomic mass is 9.81. The van der Waals surface area contributed by atoms with Gasteiger partial charge in [0.05, 0.1) is 23.4 Å². The smallest absolute Gasteiger partial charge is 0.348 e. The van der Waals surface area contributed by atoms with Crippen LogP contribution in [-0.2, 0) is 19.1 Å². The van der Waals surface area contributed by atoms with Gasteiger partial charge in [-0.15, -0.1) is 11.3 Å². The van der Waals surface area contributed by atoms with Crippen molar-refractivity contribution in [2.75, 3.05) is 18.5 Å². The molecule has 0 spiro atoms. The Morgan fingerprint density at radius 1 is 1.22 bits per heavy atom. The topological polar surface area (TPSA) is 92.8 Å². The van der Waals surface area contributed by atoms with Crippen molar-refractivity contribution in [3.05, 3.63) is 16.5 Å². The predicted molar refractivity (Wildman–Crippen MR) is 100 cm³/mol. The Labute approximate surface area is 162 Å². The van der Waals surface area contributed by atoms with Crippen molar-refractivity contribution in [3.8, 4) is 0 Å². The van der Waals surface area contributed by atoms with Crippen molar-refractivity contribution >= 4 is 40.0 Å². The average Bonchev–Trinajstić information content (AvgIpc) is 3.12. The number of nitrogens with zero attached hydrogens (tertiary/aromatic N) is 1. The maximum Gasteiger partial charge on any atom is 0.348 e. The molecule has 7 nitrogen and oxygen atoms in total. The van der Waals surface area contributed by atoms with Gasteiger partial charge in [0.25, 0.3) is 0 Å². The fourth-order valence-corrected chi connectivity index (χ4v) is 4.79. The number of hydrogen-bond donors (Lipinski definition) is 1. The zero-order chi connectivity index (χ0) is 19.6. The van der Waals surface area contributed by atoms with E-state index in [1.165, 1.54) is 4.90 Å². The van der Waals surface area contributed by atoms with Crippen LogP contribution in [0.5, 0.6) is 0 Å². The molecule has 1 aromatic rings. The summed E-state index contributed by atoms with van der Waals surface area (Å²) in [4.78, 5) is 50.7. The van der Waals surface area contributed by atoms with Gasteiger partial charge in [0.1, 0.15) is 4.88 Å². The summed E-state index contributed by atoms with van der Waals surface area (Å²) >= 11 is 1.16. The second kappa shape index (κ2) is 8.21. The van der Waals surface area contributed by atoms with Crippen LogP contribution in [0.25, 0.3) is 0 Å². The molecule has 2 atom stereocenters. The lowest BCUT2D eigenvalue weighted by Crippen LogP contribution is -2.34. The van der Waals surface area contributed by atoms with Crippen LogP contribution in [0.2, 0.25) is 0 Å². The molecule has 1 saturated carbocycles. The number of esters is 1. The van der Waals surface area contributed by atoms with E-state index in [1.807, 2.05) is 0 Å². The Bertz CT molecular complexity index is 748. The van der Waals surface area contributed by atoms with Crippen LogP contribution in [0.1, 0.15) is 54.3 Å². The van der Waals surface area contributed by atoms with Crippen LogP contribution >= 0.6 is 11.3 Å². The van der Waals surface area contributed by atoms with Crippen LogP contribution in [0.15, 0.2) is 6.07 Å². The predicted octanol–water partition coefficient (Wildman–Crippen LogP) is 2.74. The third kappa shape index (κ3) is 4.05. The van der Waals surface area contributed by atoms with Gasteiger partial charge in [0, 0.05) is 13.0 Å². The summed E-state index contributed by atoms with van der Waals surface area (Å²) < 4.78 is 4.99. The number of amides is 3. The normalized spacial score (nSPS) is 21.9. The minimum Gasteiger partial charge on any atom is -0.462 e. The van der Waals surface area contributed by atoms with Crippen LogP contribution in [0.4, 0.5) is 5.00 Å². The van der Waals surface area contributed by atoms with E-state index in [9.17, 15) is 19.2 Å². The first-order chi connectivity index (χ1) is 12.9. The summed E-state index contributed by atoms with van der Waals surface area (Å²) in [5.74, 6) is -1.34. The molecule has 0 aromatic carbocycles. The summed E-state index contributed by atoms with van der Waals surface area (Å²) in [5, 5.41) is 3.29.